The second-order valence-electron chi connectivity index (χ2n) is 4.53. The van der Waals surface area contributed by atoms with Crippen LogP contribution in [-0.4, -0.2) is 28.9 Å². The Kier molecular flexibility index (Phi) is 3.96. The van der Waals surface area contributed by atoms with E-state index in [-0.39, 0.29) is 0 Å². The van der Waals surface area contributed by atoms with Crippen LogP contribution < -0.4 is 10.6 Å². The number of hydrogen-bond donors (Lipinski definition) is 2. The second kappa shape index (κ2) is 5.46. The Morgan fingerprint density at radius 1 is 1.50 bits per heavy atom. The summed E-state index contributed by atoms with van der Waals surface area (Å²) in [6, 6.07) is 0.672. The first-order valence-electron chi connectivity index (χ1n) is 6.25. The van der Waals surface area contributed by atoms with Crippen molar-refractivity contribution in [1.82, 2.24) is 20.4 Å². The Labute approximate surface area is 97.4 Å². The lowest BCUT2D eigenvalue weighted by molar-refractivity contribution is 0.386. The number of aromatic nitrogens is 2. The Bertz CT molecular complexity index is 326. The van der Waals surface area contributed by atoms with E-state index in [1.54, 1.807) is 0 Å². The summed E-state index contributed by atoms with van der Waals surface area (Å²) in [6.07, 6.45) is 5.63. The number of piperidine rings is 1. The zero-order chi connectivity index (χ0) is 11.4. The van der Waals surface area contributed by atoms with E-state index in [0.717, 1.165) is 26.1 Å². The highest BCUT2D eigenvalue weighted by Crippen LogP contribution is 2.09. The van der Waals surface area contributed by atoms with Gasteiger partial charge in [-0.3, -0.25) is 4.68 Å². The van der Waals surface area contributed by atoms with Gasteiger partial charge in [-0.05, 0) is 32.4 Å². The first-order chi connectivity index (χ1) is 7.79. The first kappa shape index (κ1) is 11.6. The first-order valence-corrected chi connectivity index (χ1v) is 6.25. The maximum Gasteiger partial charge on any atom is 0.0666 e. The van der Waals surface area contributed by atoms with Gasteiger partial charge in [-0.15, -0.1) is 0 Å². The third-order valence-electron chi connectivity index (χ3n) is 3.25. The SMILES string of the molecule is CCc1nn(C)cc1CNC1CCNCC1. The summed E-state index contributed by atoms with van der Waals surface area (Å²) in [4.78, 5) is 0. The van der Waals surface area contributed by atoms with E-state index in [0.29, 0.717) is 6.04 Å². The third-order valence-corrected chi connectivity index (χ3v) is 3.25. The summed E-state index contributed by atoms with van der Waals surface area (Å²) in [6.45, 7) is 5.41. The normalized spacial score (nSPS) is 17.9. The van der Waals surface area contributed by atoms with E-state index in [1.165, 1.54) is 24.1 Å². The van der Waals surface area contributed by atoms with Gasteiger partial charge in [0.25, 0.3) is 0 Å². The molecule has 1 fully saturated rings. The average Bonchev–Trinajstić information content (AvgIpc) is 2.68. The molecule has 1 saturated heterocycles. The summed E-state index contributed by atoms with van der Waals surface area (Å²) in [7, 11) is 1.99. The molecule has 2 N–H and O–H groups in total. The molecule has 16 heavy (non-hydrogen) atoms. The molecular formula is C12H22N4. The zero-order valence-electron chi connectivity index (χ0n) is 10.3. The van der Waals surface area contributed by atoms with Crippen LogP contribution in [0.5, 0.6) is 0 Å². The summed E-state index contributed by atoms with van der Waals surface area (Å²) in [5, 5.41) is 11.5. The number of nitrogens with zero attached hydrogens (tertiary/aromatic N) is 2. The van der Waals surface area contributed by atoms with Gasteiger partial charge in [0.2, 0.25) is 0 Å². The Hall–Kier alpha value is -0.870. The van der Waals surface area contributed by atoms with Gasteiger partial charge in [-0.1, -0.05) is 6.92 Å². The maximum absolute atomic E-state index is 4.46. The average molecular weight is 222 g/mol. The molecule has 0 bridgehead atoms. The predicted molar refractivity (Wildman–Crippen MR) is 65.3 cm³/mol. The number of aryl methyl sites for hydroxylation is 2. The van der Waals surface area contributed by atoms with Crippen LogP contribution in [0.15, 0.2) is 6.20 Å². The summed E-state index contributed by atoms with van der Waals surface area (Å²) in [5.41, 5.74) is 2.58. The molecule has 1 aliphatic heterocycles. The van der Waals surface area contributed by atoms with E-state index in [4.69, 9.17) is 0 Å². The molecule has 0 amide bonds. The molecule has 0 atom stereocenters. The van der Waals surface area contributed by atoms with Crippen LogP contribution in [-0.2, 0) is 20.0 Å². The van der Waals surface area contributed by atoms with Crippen LogP contribution >= 0.6 is 0 Å². The molecule has 0 spiro atoms. The smallest absolute Gasteiger partial charge is 0.0666 e. The van der Waals surface area contributed by atoms with E-state index in [1.807, 2.05) is 11.7 Å². The van der Waals surface area contributed by atoms with Gasteiger partial charge in [0.05, 0.1) is 5.69 Å². The minimum absolute atomic E-state index is 0.672. The van der Waals surface area contributed by atoms with Gasteiger partial charge in [-0.2, -0.15) is 5.10 Å². The molecule has 1 aliphatic rings. The fourth-order valence-corrected chi connectivity index (χ4v) is 2.31. The molecule has 4 heteroatoms. The van der Waals surface area contributed by atoms with Crippen molar-refractivity contribution in [3.05, 3.63) is 17.5 Å². The van der Waals surface area contributed by atoms with Gasteiger partial charge >= 0.3 is 0 Å². The van der Waals surface area contributed by atoms with Gasteiger partial charge in [0.1, 0.15) is 0 Å². The van der Waals surface area contributed by atoms with Gasteiger partial charge in [0, 0.05) is 31.4 Å². The van der Waals surface area contributed by atoms with Crippen molar-refractivity contribution in [3.63, 3.8) is 0 Å². The van der Waals surface area contributed by atoms with Gasteiger partial charge in [-0.25, -0.2) is 0 Å². The monoisotopic (exact) mass is 222 g/mol. The molecule has 90 valence electrons. The molecule has 0 aliphatic carbocycles. The topological polar surface area (TPSA) is 41.9 Å². The maximum atomic E-state index is 4.46. The molecule has 0 aromatic carbocycles. The highest BCUT2D eigenvalue weighted by Gasteiger charge is 2.13. The summed E-state index contributed by atoms with van der Waals surface area (Å²) in [5.74, 6) is 0. The lowest BCUT2D eigenvalue weighted by atomic mass is 10.1. The number of rotatable bonds is 4. The number of nitrogens with one attached hydrogen (secondary N) is 2. The number of hydrogen-bond acceptors (Lipinski definition) is 3. The van der Waals surface area contributed by atoms with Crippen LogP contribution in [0.2, 0.25) is 0 Å². The van der Waals surface area contributed by atoms with Crippen LogP contribution in [0.25, 0.3) is 0 Å². The highest BCUT2D eigenvalue weighted by atomic mass is 15.3. The van der Waals surface area contributed by atoms with E-state index in [2.05, 4.69) is 28.9 Å². The molecule has 2 rings (SSSR count). The van der Waals surface area contributed by atoms with Crippen LogP contribution in [0, 0.1) is 0 Å². The quantitative estimate of drug-likeness (QED) is 0.792. The van der Waals surface area contributed by atoms with E-state index >= 15 is 0 Å². The second-order valence-corrected chi connectivity index (χ2v) is 4.53. The molecule has 0 radical (unpaired) electrons. The van der Waals surface area contributed by atoms with Crippen molar-refractivity contribution < 1.29 is 0 Å². The van der Waals surface area contributed by atoms with Crippen LogP contribution in [0.4, 0.5) is 0 Å². The van der Waals surface area contributed by atoms with E-state index in [9.17, 15) is 0 Å². The summed E-state index contributed by atoms with van der Waals surface area (Å²) < 4.78 is 1.91. The molecule has 2 heterocycles. The van der Waals surface area contributed by atoms with Crippen molar-refractivity contribution in [2.45, 2.75) is 38.8 Å². The van der Waals surface area contributed by atoms with Crippen LogP contribution in [0.1, 0.15) is 31.0 Å². The predicted octanol–water partition coefficient (Wildman–Crippen LogP) is 0.824. The van der Waals surface area contributed by atoms with Crippen molar-refractivity contribution in [3.8, 4) is 0 Å². The Balaban J connectivity index is 1.87. The standard InChI is InChI=1S/C12H22N4/c1-3-12-10(9-16(2)15-12)8-14-11-4-6-13-7-5-11/h9,11,13-14H,3-8H2,1-2H3. The van der Waals surface area contributed by atoms with Gasteiger partial charge < -0.3 is 10.6 Å². The molecule has 1 aromatic heterocycles. The van der Waals surface area contributed by atoms with E-state index < -0.39 is 0 Å². The minimum atomic E-state index is 0.672. The summed E-state index contributed by atoms with van der Waals surface area (Å²) >= 11 is 0. The third kappa shape index (κ3) is 2.83. The molecular weight excluding hydrogens is 200 g/mol. The largest absolute Gasteiger partial charge is 0.317 e. The minimum Gasteiger partial charge on any atom is -0.317 e. The molecule has 1 aromatic rings. The molecule has 4 nitrogen and oxygen atoms in total. The van der Waals surface area contributed by atoms with Gasteiger partial charge in [0.15, 0.2) is 0 Å². The van der Waals surface area contributed by atoms with Crippen molar-refractivity contribution in [1.29, 1.82) is 0 Å². The molecule has 0 unspecified atom stereocenters. The van der Waals surface area contributed by atoms with Crippen molar-refractivity contribution >= 4 is 0 Å². The molecule has 0 saturated carbocycles. The van der Waals surface area contributed by atoms with Crippen molar-refractivity contribution in [2.24, 2.45) is 7.05 Å². The lowest BCUT2D eigenvalue weighted by Gasteiger charge is -2.23. The zero-order valence-corrected chi connectivity index (χ0v) is 10.3. The fourth-order valence-electron chi connectivity index (χ4n) is 2.31. The lowest BCUT2D eigenvalue weighted by Crippen LogP contribution is -2.39. The van der Waals surface area contributed by atoms with Crippen LogP contribution in [0.3, 0.4) is 0 Å². The van der Waals surface area contributed by atoms with Crippen molar-refractivity contribution in [2.75, 3.05) is 13.1 Å². The Morgan fingerprint density at radius 3 is 2.94 bits per heavy atom. The Morgan fingerprint density at radius 2 is 2.25 bits per heavy atom. The highest BCUT2D eigenvalue weighted by molar-refractivity contribution is 5.16. The fraction of sp³-hybridized carbons (Fsp3) is 0.750.